The van der Waals surface area contributed by atoms with Gasteiger partial charge in [-0.1, -0.05) is 119 Å². The summed E-state index contributed by atoms with van der Waals surface area (Å²) in [5, 5.41) is 12.6. The van der Waals surface area contributed by atoms with Crippen LogP contribution in [0.5, 0.6) is 0 Å². The predicted octanol–water partition coefficient (Wildman–Crippen LogP) is 9.93. The monoisotopic (exact) mass is 721 g/mol. The summed E-state index contributed by atoms with van der Waals surface area (Å²) < 4.78 is 26.7. The number of carbonyl (C=O) groups excluding carboxylic acids is 2. The van der Waals surface area contributed by atoms with Gasteiger partial charge >= 0.3 is 13.8 Å². The number of unbranched alkanes of at least 4 members (excludes halogenated alkanes) is 9. The zero-order chi connectivity index (χ0) is 36.8. The van der Waals surface area contributed by atoms with E-state index in [-0.39, 0.29) is 32.1 Å². The number of hydrogen-bond acceptors (Lipinski definition) is 7. The van der Waals surface area contributed by atoms with Crippen LogP contribution in [0.1, 0.15) is 136 Å². The Morgan fingerprint density at radius 3 is 1.76 bits per heavy atom. The number of nitrogens with one attached hydrogen (secondary N) is 1. The standard InChI is InChI=1S/C40H68NO8P/c1-3-5-7-9-11-13-15-16-17-18-19-20-21-22-23-25-27-29-31-33-40(44)47-36-38(42)37-49-50(45,46)48-35-34-41-39(43)32-30-28-26-24-14-12-10-8-6-4-2/h5,7-8,10-11,13,16-17,19-20,22-23,38,42H,3-4,6,9,12,14-15,18,21,24-37H2,1-2H3,(H,41,43)(H,45,46)/b7-5-,10-8-,13-11-,17-16-,20-19-,23-22-. The third-order valence-corrected chi connectivity index (χ3v) is 8.34. The highest BCUT2D eigenvalue weighted by molar-refractivity contribution is 7.47. The van der Waals surface area contributed by atoms with Gasteiger partial charge in [0.05, 0.1) is 13.2 Å². The van der Waals surface area contributed by atoms with Gasteiger partial charge in [-0.05, 0) is 77.0 Å². The van der Waals surface area contributed by atoms with Gasteiger partial charge < -0.3 is 20.1 Å². The van der Waals surface area contributed by atoms with Crippen molar-refractivity contribution < 1.29 is 37.9 Å². The van der Waals surface area contributed by atoms with Crippen LogP contribution in [0.15, 0.2) is 72.9 Å². The molecule has 0 aromatic rings. The average Bonchev–Trinajstić information content (AvgIpc) is 3.10. The zero-order valence-electron chi connectivity index (χ0n) is 31.1. The van der Waals surface area contributed by atoms with Crippen molar-refractivity contribution in [2.75, 3.05) is 26.4 Å². The summed E-state index contributed by atoms with van der Waals surface area (Å²) in [5.74, 6) is -0.569. The number of aliphatic hydroxyl groups is 1. The van der Waals surface area contributed by atoms with Crippen LogP contribution < -0.4 is 5.32 Å². The highest BCUT2D eigenvalue weighted by Crippen LogP contribution is 2.42. The minimum atomic E-state index is -4.42. The molecule has 10 heteroatoms. The summed E-state index contributed by atoms with van der Waals surface area (Å²) in [4.78, 5) is 33.7. The maximum absolute atomic E-state index is 12.0. The van der Waals surface area contributed by atoms with Gasteiger partial charge in [0.2, 0.25) is 5.91 Å². The van der Waals surface area contributed by atoms with E-state index in [4.69, 9.17) is 13.8 Å². The molecule has 0 aliphatic heterocycles. The Bertz CT molecular complexity index is 1050. The Hall–Kier alpha value is -2.55. The minimum Gasteiger partial charge on any atom is -0.463 e. The van der Waals surface area contributed by atoms with E-state index in [0.29, 0.717) is 12.8 Å². The number of aliphatic hydroxyl groups excluding tert-OH is 1. The third kappa shape index (κ3) is 36.7. The number of amides is 1. The lowest BCUT2D eigenvalue weighted by Crippen LogP contribution is -2.27. The molecule has 0 aromatic carbocycles. The van der Waals surface area contributed by atoms with Crippen LogP contribution in [0, 0.1) is 0 Å². The first kappa shape index (κ1) is 47.4. The van der Waals surface area contributed by atoms with E-state index >= 15 is 0 Å². The Morgan fingerprint density at radius 1 is 0.640 bits per heavy atom. The molecule has 0 saturated carbocycles. The van der Waals surface area contributed by atoms with Gasteiger partial charge in [-0.2, -0.15) is 0 Å². The lowest BCUT2D eigenvalue weighted by Gasteiger charge is -2.15. The Morgan fingerprint density at radius 2 is 1.14 bits per heavy atom. The summed E-state index contributed by atoms with van der Waals surface area (Å²) in [6, 6.07) is 0. The van der Waals surface area contributed by atoms with Gasteiger partial charge in [0.1, 0.15) is 12.7 Å². The van der Waals surface area contributed by atoms with Crippen molar-refractivity contribution in [2.24, 2.45) is 0 Å². The van der Waals surface area contributed by atoms with Crippen LogP contribution in [0.4, 0.5) is 0 Å². The molecule has 9 nitrogen and oxygen atoms in total. The molecule has 0 fully saturated rings. The number of carbonyl (C=O) groups is 2. The first-order chi connectivity index (χ1) is 24.3. The van der Waals surface area contributed by atoms with E-state index in [1.165, 1.54) is 12.8 Å². The Labute approximate surface area is 303 Å². The summed E-state index contributed by atoms with van der Waals surface area (Å²) in [6.07, 6.45) is 42.6. The Balaban J connectivity index is 3.72. The summed E-state index contributed by atoms with van der Waals surface area (Å²) in [5.41, 5.74) is 0. The molecule has 0 bridgehead atoms. The molecule has 0 rings (SSSR count). The molecule has 0 aliphatic rings. The van der Waals surface area contributed by atoms with Crippen LogP contribution in [-0.4, -0.2) is 54.3 Å². The van der Waals surface area contributed by atoms with Crippen molar-refractivity contribution in [3.63, 3.8) is 0 Å². The number of phosphoric acid groups is 1. The first-order valence-corrected chi connectivity index (χ1v) is 20.4. The highest BCUT2D eigenvalue weighted by atomic mass is 31.2. The Kier molecular flexibility index (Phi) is 34.4. The molecule has 50 heavy (non-hydrogen) atoms. The van der Waals surface area contributed by atoms with Crippen LogP contribution in [-0.2, 0) is 27.9 Å². The van der Waals surface area contributed by atoms with Gasteiger partial charge in [-0.15, -0.1) is 0 Å². The second kappa shape index (κ2) is 36.2. The third-order valence-electron chi connectivity index (χ3n) is 7.35. The van der Waals surface area contributed by atoms with E-state index in [2.05, 4.69) is 92.1 Å². The quantitative estimate of drug-likeness (QED) is 0.0259. The van der Waals surface area contributed by atoms with Gasteiger partial charge in [-0.25, -0.2) is 4.57 Å². The molecular weight excluding hydrogens is 653 g/mol. The first-order valence-electron chi connectivity index (χ1n) is 18.9. The smallest absolute Gasteiger partial charge is 0.463 e. The maximum atomic E-state index is 12.0. The summed E-state index contributed by atoms with van der Waals surface area (Å²) >= 11 is 0. The van der Waals surface area contributed by atoms with Crippen LogP contribution in [0.3, 0.4) is 0 Å². The SMILES string of the molecule is CC/C=C\C/C=C\C/C=C\C/C=C\C/C=C\CCCCCC(=O)OCC(O)COP(=O)(O)OCCNC(=O)CCCCCCC/C=C\CCC. The van der Waals surface area contributed by atoms with Gasteiger partial charge in [0.15, 0.2) is 0 Å². The fourth-order valence-corrected chi connectivity index (χ4v) is 5.28. The lowest BCUT2D eigenvalue weighted by molar-refractivity contribution is -0.147. The van der Waals surface area contributed by atoms with Crippen molar-refractivity contribution >= 4 is 19.7 Å². The molecule has 0 radical (unpaired) electrons. The van der Waals surface area contributed by atoms with Crippen LogP contribution >= 0.6 is 7.82 Å². The molecule has 1 amide bonds. The van der Waals surface area contributed by atoms with Crippen molar-refractivity contribution in [2.45, 2.75) is 142 Å². The molecule has 0 heterocycles. The topological polar surface area (TPSA) is 131 Å². The van der Waals surface area contributed by atoms with Crippen LogP contribution in [0.25, 0.3) is 0 Å². The van der Waals surface area contributed by atoms with Crippen molar-refractivity contribution in [1.29, 1.82) is 0 Å². The highest BCUT2D eigenvalue weighted by Gasteiger charge is 2.23. The van der Waals surface area contributed by atoms with Crippen LogP contribution in [0.2, 0.25) is 0 Å². The number of rotatable bonds is 34. The van der Waals surface area contributed by atoms with Gasteiger partial charge in [-0.3, -0.25) is 18.6 Å². The van der Waals surface area contributed by atoms with E-state index in [0.717, 1.165) is 89.9 Å². The largest absolute Gasteiger partial charge is 0.472 e. The predicted molar refractivity (Wildman–Crippen MR) is 206 cm³/mol. The molecule has 0 saturated heterocycles. The molecule has 0 aromatic heterocycles. The minimum absolute atomic E-state index is 0.0688. The number of hydrogen-bond donors (Lipinski definition) is 3. The fraction of sp³-hybridized carbons (Fsp3) is 0.650. The number of esters is 1. The zero-order valence-corrected chi connectivity index (χ0v) is 32.0. The van der Waals surface area contributed by atoms with E-state index in [1.54, 1.807) is 0 Å². The molecule has 3 N–H and O–H groups in total. The second-order valence-corrected chi connectivity index (χ2v) is 13.6. The van der Waals surface area contributed by atoms with E-state index in [9.17, 15) is 24.2 Å². The molecule has 2 unspecified atom stereocenters. The molecular formula is C40H68NO8P. The summed E-state index contributed by atoms with van der Waals surface area (Å²) in [6.45, 7) is 3.29. The van der Waals surface area contributed by atoms with Crippen molar-refractivity contribution in [1.82, 2.24) is 5.32 Å². The summed E-state index contributed by atoms with van der Waals surface area (Å²) in [7, 11) is -4.42. The molecule has 2 atom stereocenters. The van der Waals surface area contributed by atoms with Crippen molar-refractivity contribution in [3.05, 3.63) is 72.9 Å². The van der Waals surface area contributed by atoms with Crippen molar-refractivity contribution in [3.8, 4) is 0 Å². The normalized spacial score (nSPS) is 14.2. The molecule has 0 aliphatic carbocycles. The maximum Gasteiger partial charge on any atom is 0.472 e. The second-order valence-electron chi connectivity index (χ2n) is 12.2. The van der Waals surface area contributed by atoms with Gasteiger partial charge in [0.25, 0.3) is 0 Å². The molecule has 286 valence electrons. The van der Waals surface area contributed by atoms with E-state index < -0.39 is 26.5 Å². The lowest BCUT2D eigenvalue weighted by atomic mass is 10.1. The number of allylic oxidation sites excluding steroid dienone is 12. The fourth-order valence-electron chi connectivity index (χ4n) is 4.52. The average molecular weight is 722 g/mol. The number of phosphoric ester groups is 1. The van der Waals surface area contributed by atoms with Gasteiger partial charge in [0, 0.05) is 19.4 Å². The number of ether oxygens (including phenoxy) is 1. The van der Waals surface area contributed by atoms with E-state index in [1.807, 2.05) is 0 Å². The molecule has 0 spiro atoms.